The number of carbonyl (C=O) groups excluding carboxylic acids is 2. The third kappa shape index (κ3) is 6.60. The summed E-state index contributed by atoms with van der Waals surface area (Å²) in [6, 6.07) is 17.6. The number of amides is 1. The van der Waals surface area contributed by atoms with Crippen LogP contribution in [0.4, 0.5) is 0 Å². The van der Waals surface area contributed by atoms with Gasteiger partial charge in [0, 0.05) is 22.3 Å². The van der Waals surface area contributed by atoms with E-state index in [1.165, 1.54) is 6.92 Å². The van der Waals surface area contributed by atoms with Gasteiger partial charge in [-0.3, -0.25) is 9.59 Å². The van der Waals surface area contributed by atoms with E-state index in [4.69, 9.17) is 0 Å². The van der Waals surface area contributed by atoms with E-state index < -0.39 is 0 Å². The van der Waals surface area contributed by atoms with Gasteiger partial charge in [-0.05, 0) is 49.2 Å². The van der Waals surface area contributed by atoms with Gasteiger partial charge in [0.25, 0.3) is 0 Å². The van der Waals surface area contributed by atoms with Crippen LogP contribution in [0.2, 0.25) is 0 Å². The molecule has 0 unspecified atom stereocenters. The van der Waals surface area contributed by atoms with Crippen LogP contribution in [0.5, 0.6) is 0 Å². The highest BCUT2D eigenvalue weighted by atomic mass is 32.2. The minimum Gasteiger partial charge on any atom is -0.287 e. The van der Waals surface area contributed by atoms with Gasteiger partial charge in [-0.2, -0.15) is 0 Å². The number of carbonyl (C=O) groups is 2. The summed E-state index contributed by atoms with van der Waals surface area (Å²) in [7, 11) is 0. The van der Waals surface area contributed by atoms with E-state index >= 15 is 0 Å². The minimum absolute atomic E-state index is 0.145. The van der Waals surface area contributed by atoms with Crippen LogP contribution in [0.1, 0.15) is 56.3 Å². The fraction of sp³-hybridized carbons (Fsp3) is 0.318. The van der Waals surface area contributed by atoms with Crippen molar-refractivity contribution >= 4 is 29.2 Å². The normalized spacial score (nSPS) is 11.4. The van der Waals surface area contributed by atoms with Gasteiger partial charge in [-0.25, -0.2) is 4.99 Å². The van der Waals surface area contributed by atoms with Crippen LogP contribution < -0.4 is 0 Å². The SMILES string of the molecule is CCCCCCC(=NC(C)=O)C(=O)c1ccc(Sc2ccccc2)cc1. The van der Waals surface area contributed by atoms with Crippen LogP contribution in [0.25, 0.3) is 0 Å². The summed E-state index contributed by atoms with van der Waals surface area (Å²) in [4.78, 5) is 30.3. The molecule has 0 saturated heterocycles. The first-order chi connectivity index (χ1) is 12.6. The highest BCUT2D eigenvalue weighted by Crippen LogP contribution is 2.27. The van der Waals surface area contributed by atoms with Crippen molar-refractivity contribution in [3.63, 3.8) is 0 Å². The number of rotatable bonds is 9. The molecule has 0 N–H and O–H groups in total. The molecule has 26 heavy (non-hydrogen) atoms. The lowest BCUT2D eigenvalue weighted by molar-refractivity contribution is -0.115. The van der Waals surface area contributed by atoms with Crippen molar-refractivity contribution in [1.82, 2.24) is 0 Å². The second-order valence-corrected chi connectivity index (χ2v) is 7.30. The maximum Gasteiger partial charge on any atom is 0.242 e. The summed E-state index contributed by atoms with van der Waals surface area (Å²) in [5, 5.41) is 0. The number of unbranched alkanes of at least 4 members (excludes halogenated alkanes) is 3. The van der Waals surface area contributed by atoms with E-state index in [9.17, 15) is 9.59 Å². The molecular formula is C22H25NO2S. The van der Waals surface area contributed by atoms with Crippen molar-refractivity contribution in [2.75, 3.05) is 0 Å². The van der Waals surface area contributed by atoms with Gasteiger partial charge in [0.1, 0.15) is 0 Å². The molecule has 3 nitrogen and oxygen atoms in total. The lowest BCUT2D eigenvalue weighted by atomic mass is 10.0. The summed E-state index contributed by atoms with van der Waals surface area (Å²) in [5.74, 6) is -0.465. The smallest absolute Gasteiger partial charge is 0.242 e. The molecule has 0 aliphatic heterocycles. The number of nitrogens with zero attached hydrogens (tertiary/aromatic N) is 1. The quantitative estimate of drug-likeness (QED) is 0.311. The van der Waals surface area contributed by atoms with Crippen LogP contribution in [-0.4, -0.2) is 17.4 Å². The Balaban J connectivity index is 2.06. The van der Waals surface area contributed by atoms with Crippen LogP contribution in [0.3, 0.4) is 0 Å². The van der Waals surface area contributed by atoms with Crippen molar-refractivity contribution in [1.29, 1.82) is 0 Å². The van der Waals surface area contributed by atoms with E-state index in [1.807, 2.05) is 42.5 Å². The van der Waals surface area contributed by atoms with Crippen molar-refractivity contribution in [3.8, 4) is 0 Å². The molecule has 2 aromatic carbocycles. The fourth-order valence-corrected chi connectivity index (χ4v) is 3.43. The second kappa shape index (κ2) is 10.7. The molecule has 0 fully saturated rings. The Bertz CT molecular complexity index is 751. The molecule has 0 spiro atoms. The number of hydrogen-bond acceptors (Lipinski definition) is 3. The summed E-state index contributed by atoms with van der Waals surface area (Å²) in [6.45, 7) is 3.53. The Morgan fingerprint density at radius 1 is 0.885 bits per heavy atom. The number of hydrogen-bond donors (Lipinski definition) is 0. The highest BCUT2D eigenvalue weighted by molar-refractivity contribution is 7.99. The second-order valence-electron chi connectivity index (χ2n) is 6.16. The van der Waals surface area contributed by atoms with Gasteiger partial charge in [0.15, 0.2) is 0 Å². The summed E-state index contributed by atoms with van der Waals surface area (Å²) >= 11 is 1.65. The van der Waals surface area contributed by atoms with Gasteiger partial charge in [-0.1, -0.05) is 56.1 Å². The molecule has 0 aliphatic rings. The zero-order valence-corrected chi connectivity index (χ0v) is 16.2. The molecule has 0 heterocycles. The first-order valence-corrected chi connectivity index (χ1v) is 9.87. The third-order valence-electron chi connectivity index (χ3n) is 3.92. The van der Waals surface area contributed by atoms with E-state index in [2.05, 4.69) is 24.0 Å². The van der Waals surface area contributed by atoms with E-state index in [0.717, 1.165) is 35.5 Å². The zero-order valence-electron chi connectivity index (χ0n) is 15.4. The molecule has 4 heteroatoms. The maximum absolute atomic E-state index is 12.7. The van der Waals surface area contributed by atoms with E-state index in [0.29, 0.717) is 17.7 Å². The van der Waals surface area contributed by atoms with Crippen molar-refractivity contribution in [3.05, 3.63) is 60.2 Å². The van der Waals surface area contributed by atoms with Gasteiger partial charge in [0.05, 0.1) is 5.71 Å². The Labute approximate surface area is 159 Å². The van der Waals surface area contributed by atoms with Crippen molar-refractivity contribution < 1.29 is 9.59 Å². The molecule has 2 rings (SSSR count). The molecular weight excluding hydrogens is 342 g/mol. The predicted octanol–water partition coefficient (Wildman–Crippen LogP) is 5.98. The third-order valence-corrected chi connectivity index (χ3v) is 4.93. The summed E-state index contributed by atoms with van der Waals surface area (Å²) in [6.07, 6.45) is 4.75. The van der Waals surface area contributed by atoms with Gasteiger partial charge >= 0.3 is 0 Å². The molecule has 0 atom stereocenters. The topological polar surface area (TPSA) is 46.5 Å². The van der Waals surface area contributed by atoms with Crippen molar-refractivity contribution in [2.45, 2.75) is 55.7 Å². The van der Waals surface area contributed by atoms with E-state index in [1.54, 1.807) is 11.8 Å². The Hall–Kier alpha value is -2.20. The van der Waals surface area contributed by atoms with E-state index in [-0.39, 0.29) is 11.7 Å². The molecule has 0 aliphatic carbocycles. The van der Waals surface area contributed by atoms with Gasteiger partial charge < -0.3 is 0 Å². The number of benzene rings is 2. The largest absolute Gasteiger partial charge is 0.287 e. The van der Waals surface area contributed by atoms with Gasteiger partial charge in [-0.15, -0.1) is 0 Å². The first kappa shape index (κ1) is 20.1. The van der Waals surface area contributed by atoms with Crippen LogP contribution in [-0.2, 0) is 4.79 Å². The lowest BCUT2D eigenvalue weighted by Gasteiger charge is -2.07. The van der Waals surface area contributed by atoms with Crippen LogP contribution in [0.15, 0.2) is 69.4 Å². The standard InChI is InChI=1S/C22H25NO2S/c1-3-4-5-9-12-21(23-17(2)24)22(25)18-13-15-20(16-14-18)26-19-10-7-6-8-11-19/h6-8,10-11,13-16H,3-5,9,12H2,1-2H3. The fourth-order valence-electron chi connectivity index (χ4n) is 2.60. The number of Topliss-reactive ketones (excluding diaryl/α,β-unsaturated/α-hetero) is 1. The Morgan fingerprint density at radius 3 is 2.15 bits per heavy atom. The summed E-state index contributed by atoms with van der Waals surface area (Å²) in [5.41, 5.74) is 0.954. The molecule has 136 valence electrons. The zero-order chi connectivity index (χ0) is 18.8. The number of ketones is 1. The highest BCUT2D eigenvalue weighted by Gasteiger charge is 2.15. The van der Waals surface area contributed by atoms with Gasteiger partial charge in [0.2, 0.25) is 11.7 Å². The molecule has 0 aromatic heterocycles. The maximum atomic E-state index is 12.7. The Morgan fingerprint density at radius 2 is 1.54 bits per heavy atom. The predicted molar refractivity (Wildman–Crippen MR) is 108 cm³/mol. The lowest BCUT2D eigenvalue weighted by Crippen LogP contribution is -2.16. The van der Waals surface area contributed by atoms with Crippen LogP contribution in [0, 0.1) is 0 Å². The Kier molecular flexibility index (Phi) is 8.29. The molecule has 2 aromatic rings. The minimum atomic E-state index is -0.319. The average Bonchev–Trinajstić information content (AvgIpc) is 2.65. The molecule has 0 bridgehead atoms. The molecule has 0 saturated carbocycles. The molecule has 1 amide bonds. The van der Waals surface area contributed by atoms with Crippen LogP contribution >= 0.6 is 11.8 Å². The first-order valence-electron chi connectivity index (χ1n) is 9.06. The molecule has 0 radical (unpaired) electrons. The average molecular weight is 368 g/mol. The van der Waals surface area contributed by atoms with Crippen molar-refractivity contribution in [2.24, 2.45) is 4.99 Å². The monoisotopic (exact) mass is 367 g/mol. The number of aliphatic imine (C=N–C) groups is 1. The summed E-state index contributed by atoms with van der Waals surface area (Å²) < 4.78 is 0.